The predicted octanol–water partition coefficient (Wildman–Crippen LogP) is 5.59. The van der Waals surface area contributed by atoms with E-state index in [0.717, 1.165) is 47.8 Å². The van der Waals surface area contributed by atoms with E-state index in [1.807, 2.05) is 48.1 Å². The first kappa shape index (κ1) is 23.6. The van der Waals surface area contributed by atoms with Gasteiger partial charge in [0.25, 0.3) is 5.91 Å². The van der Waals surface area contributed by atoms with Crippen LogP contribution in [-0.2, 0) is 17.9 Å². The minimum absolute atomic E-state index is 0.0959. The number of aryl methyl sites for hydroxylation is 1. The van der Waals surface area contributed by atoms with Crippen molar-refractivity contribution in [2.45, 2.75) is 77.0 Å². The maximum atomic E-state index is 14.5. The molecule has 1 N–H and O–H groups in total. The Balaban J connectivity index is 1.49. The van der Waals surface area contributed by atoms with Crippen LogP contribution in [0.25, 0.3) is 16.6 Å². The molecule has 1 aliphatic heterocycles. The SMILES string of the molecule is Cc1ccc2c(c1)c(-n1cccc1)c1n2CC(C)(C(=O)NC2CCCCCC2)N(Cc2ccco2)C1=O. The summed E-state index contributed by atoms with van der Waals surface area (Å²) in [5.41, 5.74) is 2.46. The molecule has 2 aliphatic rings. The summed E-state index contributed by atoms with van der Waals surface area (Å²) >= 11 is 0. The van der Waals surface area contributed by atoms with Gasteiger partial charge in [-0.05, 0) is 63.1 Å². The number of carbonyl (C=O) groups is 2. The average Bonchev–Trinajstić information content (AvgIpc) is 3.61. The van der Waals surface area contributed by atoms with Crippen molar-refractivity contribution >= 4 is 22.7 Å². The Kier molecular flexibility index (Phi) is 5.94. The van der Waals surface area contributed by atoms with Crippen molar-refractivity contribution < 1.29 is 14.0 Å². The molecule has 1 unspecified atom stereocenters. The second-order valence-corrected chi connectivity index (χ2v) is 10.8. The Morgan fingerprint density at radius 1 is 1.08 bits per heavy atom. The first-order valence-corrected chi connectivity index (χ1v) is 13.4. The van der Waals surface area contributed by atoms with Crippen LogP contribution in [0.3, 0.4) is 0 Å². The molecule has 1 saturated carbocycles. The van der Waals surface area contributed by atoms with E-state index in [-0.39, 0.29) is 24.4 Å². The summed E-state index contributed by atoms with van der Waals surface area (Å²) in [5, 5.41) is 4.35. The molecule has 0 bridgehead atoms. The van der Waals surface area contributed by atoms with Gasteiger partial charge in [0, 0.05) is 23.8 Å². The highest BCUT2D eigenvalue weighted by Crippen LogP contribution is 2.39. The van der Waals surface area contributed by atoms with Gasteiger partial charge in [-0.25, -0.2) is 0 Å². The summed E-state index contributed by atoms with van der Waals surface area (Å²) in [6.45, 7) is 4.56. The normalized spacial score (nSPS) is 20.7. The Morgan fingerprint density at radius 2 is 1.84 bits per heavy atom. The maximum Gasteiger partial charge on any atom is 0.274 e. The second kappa shape index (κ2) is 9.29. The van der Waals surface area contributed by atoms with Gasteiger partial charge >= 0.3 is 0 Å². The van der Waals surface area contributed by atoms with Crippen LogP contribution in [-0.4, -0.2) is 37.4 Å². The number of amides is 2. The number of nitrogens with zero attached hydrogens (tertiary/aromatic N) is 3. The van der Waals surface area contributed by atoms with Gasteiger partial charge in [-0.1, -0.05) is 37.3 Å². The van der Waals surface area contributed by atoms with Gasteiger partial charge in [0.05, 0.1) is 30.6 Å². The van der Waals surface area contributed by atoms with Crippen molar-refractivity contribution in [3.63, 3.8) is 0 Å². The van der Waals surface area contributed by atoms with Crippen molar-refractivity contribution in [1.29, 1.82) is 0 Å². The number of fused-ring (bicyclic) bond motifs is 3. The van der Waals surface area contributed by atoms with Gasteiger partial charge < -0.3 is 23.8 Å². The van der Waals surface area contributed by atoms with E-state index in [0.29, 0.717) is 18.0 Å². The lowest BCUT2D eigenvalue weighted by molar-refractivity contribution is -0.134. The van der Waals surface area contributed by atoms with Gasteiger partial charge in [0.2, 0.25) is 5.91 Å². The largest absolute Gasteiger partial charge is 0.467 e. The van der Waals surface area contributed by atoms with Crippen LogP contribution < -0.4 is 5.32 Å². The van der Waals surface area contributed by atoms with Crippen molar-refractivity contribution in [3.05, 3.63) is 78.1 Å². The molecule has 4 aromatic rings. The molecule has 1 aromatic carbocycles. The molecule has 1 aliphatic carbocycles. The van der Waals surface area contributed by atoms with E-state index in [2.05, 4.69) is 35.0 Å². The summed E-state index contributed by atoms with van der Waals surface area (Å²) < 4.78 is 9.71. The molecule has 7 nitrogen and oxygen atoms in total. The second-order valence-electron chi connectivity index (χ2n) is 10.8. The van der Waals surface area contributed by atoms with Crippen LogP contribution in [0.4, 0.5) is 0 Å². The van der Waals surface area contributed by atoms with E-state index in [4.69, 9.17) is 4.42 Å². The van der Waals surface area contributed by atoms with Crippen LogP contribution in [0.2, 0.25) is 0 Å². The molecule has 192 valence electrons. The van der Waals surface area contributed by atoms with E-state index < -0.39 is 5.54 Å². The van der Waals surface area contributed by atoms with E-state index >= 15 is 0 Å². The number of carbonyl (C=O) groups excluding carboxylic acids is 2. The third-order valence-electron chi connectivity index (χ3n) is 8.14. The van der Waals surface area contributed by atoms with Gasteiger partial charge in [0.15, 0.2) is 0 Å². The van der Waals surface area contributed by atoms with Crippen LogP contribution in [0.1, 0.15) is 67.3 Å². The van der Waals surface area contributed by atoms with Crippen molar-refractivity contribution in [3.8, 4) is 5.69 Å². The number of rotatable bonds is 5. The summed E-state index contributed by atoms with van der Waals surface area (Å²) in [5.74, 6) is 0.393. The van der Waals surface area contributed by atoms with E-state index in [9.17, 15) is 9.59 Å². The third-order valence-corrected chi connectivity index (χ3v) is 8.14. The zero-order valence-corrected chi connectivity index (χ0v) is 21.6. The lowest BCUT2D eigenvalue weighted by Gasteiger charge is -2.44. The molecule has 37 heavy (non-hydrogen) atoms. The van der Waals surface area contributed by atoms with Crippen molar-refractivity contribution in [2.24, 2.45) is 0 Å². The molecular weight excluding hydrogens is 464 g/mol. The summed E-state index contributed by atoms with van der Waals surface area (Å²) in [6.07, 6.45) is 12.2. The number of aromatic nitrogens is 2. The highest BCUT2D eigenvalue weighted by atomic mass is 16.3. The number of benzene rings is 1. The van der Waals surface area contributed by atoms with Crippen LogP contribution in [0.5, 0.6) is 0 Å². The smallest absolute Gasteiger partial charge is 0.274 e. The Morgan fingerprint density at radius 3 is 2.54 bits per heavy atom. The number of hydrogen-bond donors (Lipinski definition) is 1. The third kappa shape index (κ3) is 4.06. The van der Waals surface area contributed by atoms with Gasteiger partial charge in [0.1, 0.15) is 17.0 Å². The quantitative estimate of drug-likeness (QED) is 0.365. The molecule has 3 aromatic heterocycles. The summed E-state index contributed by atoms with van der Waals surface area (Å²) in [4.78, 5) is 30.2. The van der Waals surface area contributed by atoms with Gasteiger partial charge in [-0.3, -0.25) is 9.59 Å². The fraction of sp³-hybridized carbons (Fsp3) is 0.400. The molecule has 0 spiro atoms. The summed E-state index contributed by atoms with van der Waals surface area (Å²) in [7, 11) is 0. The molecule has 0 radical (unpaired) electrons. The predicted molar refractivity (Wildman–Crippen MR) is 143 cm³/mol. The first-order chi connectivity index (χ1) is 18.0. The average molecular weight is 499 g/mol. The topological polar surface area (TPSA) is 72.4 Å². The molecule has 1 atom stereocenters. The summed E-state index contributed by atoms with van der Waals surface area (Å²) in [6, 6.07) is 14.0. The zero-order valence-electron chi connectivity index (χ0n) is 21.6. The van der Waals surface area contributed by atoms with E-state index in [1.165, 1.54) is 12.8 Å². The van der Waals surface area contributed by atoms with Crippen molar-refractivity contribution in [1.82, 2.24) is 19.4 Å². The van der Waals surface area contributed by atoms with Crippen LogP contribution >= 0.6 is 0 Å². The fourth-order valence-electron chi connectivity index (χ4n) is 6.09. The molecule has 6 rings (SSSR count). The highest BCUT2D eigenvalue weighted by Gasteiger charge is 2.49. The highest BCUT2D eigenvalue weighted by molar-refractivity contribution is 6.09. The fourth-order valence-corrected chi connectivity index (χ4v) is 6.09. The standard InChI is InChI=1S/C30H34N4O3/c1-21-13-14-25-24(18-21)26(32-15-7-8-16-32)27-28(35)34(19-23-12-9-17-37-23)30(2,20-33(25)27)29(36)31-22-10-5-3-4-6-11-22/h7-9,12-18,22H,3-6,10-11,19-20H2,1-2H3,(H,31,36). The first-order valence-electron chi connectivity index (χ1n) is 13.4. The van der Waals surface area contributed by atoms with Gasteiger partial charge in [-0.15, -0.1) is 0 Å². The molecule has 2 amide bonds. The molecule has 7 heteroatoms. The Bertz CT molecular complexity index is 1430. The number of nitrogens with one attached hydrogen (secondary N) is 1. The number of hydrogen-bond acceptors (Lipinski definition) is 3. The van der Waals surface area contributed by atoms with Gasteiger partial charge in [-0.2, -0.15) is 0 Å². The molecular formula is C30H34N4O3. The zero-order chi connectivity index (χ0) is 25.6. The molecule has 4 heterocycles. The lowest BCUT2D eigenvalue weighted by atomic mass is 9.93. The van der Waals surface area contributed by atoms with E-state index in [1.54, 1.807) is 11.2 Å². The number of furan rings is 1. The van der Waals surface area contributed by atoms with Crippen molar-refractivity contribution in [2.75, 3.05) is 0 Å². The lowest BCUT2D eigenvalue weighted by Crippen LogP contribution is -2.64. The van der Waals surface area contributed by atoms with Crippen LogP contribution in [0, 0.1) is 6.92 Å². The minimum atomic E-state index is -1.08. The van der Waals surface area contributed by atoms with Crippen LogP contribution in [0.15, 0.2) is 65.5 Å². The maximum absolute atomic E-state index is 14.5. The molecule has 0 saturated heterocycles. The monoisotopic (exact) mass is 498 g/mol. The molecule has 1 fully saturated rings. The Labute approximate surface area is 217 Å². The Hall–Kier alpha value is -3.74. The minimum Gasteiger partial charge on any atom is -0.467 e.